The Morgan fingerprint density at radius 2 is 1.27 bits per heavy atom. The molecule has 0 aliphatic heterocycles. The average molecular weight is 337 g/mol. The van der Waals surface area contributed by atoms with Crippen molar-refractivity contribution in [2.75, 3.05) is 0 Å². The largest absolute Gasteiger partial charge is 0.315 e. The molecule has 26 heavy (non-hydrogen) atoms. The first-order valence-corrected chi connectivity index (χ1v) is 8.61. The van der Waals surface area contributed by atoms with Crippen molar-refractivity contribution in [1.82, 2.24) is 4.40 Å². The van der Waals surface area contributed by atoms with Gasteiger partial charge < -0.3 is 4.40 Å². The summed E-state index contributed by atoms with van der Waals surface area (Å²) in [5.41, 5.74) is 6.36. The van der Waals surface area contributed by atoms with Gasteiger partial charge in [-0.2, -0.15) is 0 Å². The first-order valence-electron chi connectivity index (χ1n) is 8.61. The molecule has 0 aliphatic carbocycles. The molecular weight excluding hydrogens is 318 g/mol. The predicted molar refractivity (Wildman–Crippen MR) is 110 cm³/mol. The Morgan fingerprint density at radius 1 is 0.692 bits per heavy atom. The Hall–Kier alpha value is -3.46. The highest BCUT2D eigenvalue weighted by Crippen LogP contribution is 2.22. The van der Waals surface area contributed by atoms with Gasteiger partial charge in [0, 0.05) is 18.0 Å². The van der Waals surface area contributed by atoms with E-state index < -0.39 is 0 Å². The summed E-state index contributed by atoms with van der Waals surface area (Å²) in [7, 11) is 0. The van der Waals surface area contributed by atoms with Gasteiger partial charge in [-0.25, -0.2) is 0 Å². The van der Waals surface area contributed by atoms with Crippen LogP contribution in [-0.4, -0.2) is 16.8 Å². The summed E-state index contributed by atoms with van der Waals surface area (Å²) in [4.78, 5) is 9.26. The number of rotatable bonds is 4. The van der Waals surface area contributed by atoms with E-state index in [0.29, 0.717) is 0 Å². The van der Waals surface area contributed by atoms with Crippen molar-refractivity contribution in [3.8, 4) is 0 Å². The van der Waals surface area contributed by atoms with Gasteiger partial charge in [0.2, 0.25) is 0 Å². The monoisotopic (exact) mass is 337 g/mol. The van der Waals surface area contributed by atoms with Crippen LogP contribution in [0.5, 0.6) is 0 Å². The quantitative estimate of drug-likeness (QED) is 0.424. The minimum absolute atomic E-state index is 0.942. The second-order valence-electron chi connectivity index (χ2n) is 6.07. The molecule has 0 amide bonds. The number of aliphatic imine (C=N–C) groups is 2. The predicted octanol–water partition coefficient (Wildman–Crippen LogP) is 5.75. The molecule has 0 unspecified atom stereocenters. The maximum Gasteiger partial charge on any atom is 0.0675 e. The summed E-state index contributed by atoms with van der Waals surface area (Å²) in [5, 5.41) is 0. The highest BCUT2D eigenvalue weighted by molar-refractivity contribution is 5.98. The van der Waals surface area contributed by atoms with Gasteiger partial charge in [-0.15, -0.1) is 0 Å². The molecule has 0 atom stereocenters. The number of fused-ring (bicyclic) bond motifs is 1. The fraction of sp³-hybridized carbons (Fsp3) is 0.0435. The van der Waals surface area contributed by atoms with E-state index in [0.717, 1.165) is 33.7 Å². The van der Waals surface area contributed by atoms with E-state index in [1.807, 2.05) is 85.2 Å². The van der Waals surface area contributed by atoms with Crippen molar-refractivity contribution in [2.45, 2.75) is 6.92 Å². The van der Waals surface area contributed by atoms with Crippen LogP contribution in [0.25, 0.3) is 5.52 Å². The maximum atomic E-state index is 4.64. The van der Waals surface area contributed by atoms with Crippen LogP contribution in [-0.2, 0) is 0 Å². The summed E-state index contributed by atoms with van der Waals surface area (Å²) in [5.74, 6) is 0. The lowest BCUT2D eigenvalue weighted by atomic mass is 10.1. The molecule has 126 valence electrons. The number of pyridine rings is 1. The molecule has 2 heterocycles. The second kappa shape index (κ2) is 7.19. The third kappa shape index (κ3) is 3.20. The third-order valence-corrected chi connectivity index (χ3v) is 4.37. The van der Waals surface area contributed by atoms with Crippen molar-refractivity contribution >= 4 is 29.3 Å². The highest BCUT2D eigenvalue weighted by atomic mass is 14.9. The van der Waals surface area contributed by atoms with Gasteiger partial charge in [0.1, 0.15) is 0 Å². The van der Waals surface area contributed by atoms with E-state index in [1.54, 1.807) is 0 Å². The van der Waals surface area contributed by atoms with E-state index in [9.17, 15) is 0 Å². The summed E-state index contributed by atoms with van der Waals surface area (Å²) >= 11 is 0. The Labute approximate surface area is 153 Å². The van der Waals surface area contributed by atoms with Crippen molar-refractivity contribution in [2.24, 2.45) is 9.98 Å². The van der Waals surface area contributed by atoms with E-state index in [1.165, 1.54) is 0 Å². The van der Waals surface area contributed by atoms with Crippen LogP contribution in [0.3, 0.4) is 0 Å². The lowest BCUT2D eigenvalue weighted by Gasteiger charge is -1.98. The molecule has 0 saturated heterocycles. The molecule has 0 bridgehead atoms. The fourth-order valence-corrected chi connectivity index (χ4v) is 3.01. The molecule has 3 heteroatoms. The van der Waals surface area contributed by atoms with Gasteiger partial charge in [0.15, 0.2) is 0 Å². The van der Waals surface area contributed by atoms with E-state index in [2.05, 4.69) is 33.6 Å². The van der Waals surface area contributed by atoms with Crippen LogP contribution < -0.4 is 0 Å². The summed E-state index contributed by atoms with van der Waals surface area (Å²) in [6.07, 6.45) is 5.94. The van der Waals surface area contributed by atoms with Crippen molar-refractivity contribution < 1.29 is 0 Å². The lowest BCUT2D eigenvalue weighted by Crippen LogP contribution is -1.91. The third-order valence-electron chi connectivity index (χ3n) is 4.37. The normalized spacial score (nSPS) is 11.7. The summed E-state index contributed by atoms with van der Waals surface area (Å²) in [6.45, 7) is 2.12. The van der Waals surface area contributed by atoms with Crippen molar-refractivity contribution in [1.29, 1.82) is 0 Å². The molecule has 2 aromatic heterocycles. The van der Waals surface area contributed by atoms with Crippen LogP contribution in [0.1, 0.15) is 16.8 Å². The van der Waals surface area contributed by atoms with Crippen LogP contribution in [0, 0.1) is 6.92 Å². The summed E-state index contributed by atoms with van der Waals surface area (Å²) in [6, 6.07) is 26.2. The number of nitrogens with zero attached hydrogens (tertiary/aromatic N) is 3. The molecule has 0 aliphatic rings. The number of aromatic nitrogens is 1. The zero-order valence-corrected chi connectivity index (χ0v) is 14.6. The SMILES string of the molecule is Cc1c(C=Nc2ccccc2)c2ccccn2c1C=Nc1ccccc1. The standard InChI is InChI=1S/C23H19N3/c1-18-21(16-24-19-10-4-2-5-11-19)22-14-8-9-15-26(22)23(18)17-25-20-12-6-3-7-13-20/h2-17H,1H3. The topological polar surface area (TPSA) is 29.1 Å². The molecule has 4 aromatic rings. The van der Waals surface area contributed by atoms with Gasteiger partial charge >= 0.3 is 0 Å². The zero-order chi connectivity index (χ0) is 17.8. The van der Waals surface area contributed by atoms with Crippen LogP contribution in [0.2, 0.25) is 0 Å². The number of benzene rings is 2. The van der Waals surface area contributed by atoms with Gasteiger partial charge in [0.25, 0.3) is 0 Å². The van der Waals surface area contributed by atoms with E-state index in [-0.39, 0.29) is 0 Å². The molecule has 0 radical (unpaired) electrons. The zero-order valence-electron chi connectivity index (χ0n) is 14.6. The fourth-order valence-electron chi connectivity index (χ4n) is 3.01. The minimum atomic E-state index is 0.942. The minimum Gasteiger partial charge on any atom is -0.315 e. The average Bonchev–Trinajstić information content (AvgIpc) is 2.97. The molecule has 0 spiro atoms. The van der Waals surface area contributed by atoms with Crippen molar-refractivity contribution in [3.05, 3.63) is 102 Å². The number of hydrogen-bond acceptors (Lipinski definition) is 2. The smallest absolute Gasteiger partial charge is 0.0675 e. The van der Waals surface area contributed by atoms with Crippen LogP contribution >= 0.6 is 0 Å². The second-order valence-corrected chi connectivity index (χ2v) is 6.07. The molecule has 2 aromatic carbocycles. The first kappa shape index (κ1) is 16.0. The number of para-hydroxylation sites is 2. The van der Waals surface area contributed by atoms with Crippen molar-refractivity contribution in [3.63, 3.8) is 0 Å². The lowest BCUT2D eigenvalue weighted by molar-refractivity contribution is 1.17. The van der Waals surface area contributed by atoms with Gasteiger partial charge in [0.05, 0.1) is 28.8 Å². The maximum absolute atomic E-state index is 4.64. The molecule has 0 saturated carbocycles. The molecule has 0 fully saturated rings. The molecule has 0 N–H and O–H groups in total. The van der Waals surface area contributed by atoms with E-state index >= 15 is 0 Å². The molecule has 4 rings (SSSR count). The summed E-state index contributed by atoms with van der Waals surface area (Å²) < 4.78 is 2.16. The Morgan fingerprint density at radius 3 is 1.92 bits per heavy atom. The van der Waals surface area contributed by atoms with Gasteiger partial charge in [-0.05, 0) is 48.9 Å². The number of hydrogen-bond donors (Lipinski definition) is 0. The van der Waals surface area contributed by atoms with Crippen LogP contribution in [0.4, 0.5) is 11.4 Å². The van der Waals surface area contributed by atoms with Gasteiger partial charge in [-0.1, -0.05) is 42.5 Å². The molecule has 3 nitrogen and oxygen atoms in total. The Kier molecular flexibility index (Phi) is 4.44. The first-order chi connectivity index (χ1) is 12.8. The van der Waals surface area contributed by atoms with Crippen LogP contribution in [0.15, 0.2) is 95.0 Å². The van der Waals surface area contributed by atoms with E-state index in [4.69, 9.17) is 0 Å². The molecular formula is C23H19N3. The van der Waals surface area contributed by atoms with Gasteiger partial charge in [-0.3, -0.25) is 9.98 Å². The Bertz CT molecular complexity index is 988. The Balaban J connectivity index is 1.78. The highest BCUT2D eigenvalue weighted by Gasteiger charge is 2.11.